The number of Topliss-reactive ketones (excluding diaryl/α,β-unsaturated/α-hetero) is 2. The van der Waals surface area contributed by atoms with Gasteiger partial charge in [0.15, 0.2) is 12.4 Å². The Hall–Kier alpha value is -2.84. The van der Waals surface area contributed by atoms with Crippen LogP contribution in [0, 0.1) is 13.8 Å². The molecule has 0 amide bonds. The Bertz CT molecular complexity index is 1040. The van der Waals surface area contributed by atoms with Gasteiger partial charge in [0.25, 0.3) is 0 Å². The lowest BCUT2D eigenvalue weighted by Gasteiger charge is -2.09. The fourth-order valence-corrected chi connectivity index (χ4v) is 3.66. The number of carbonyl (C=O) groups excluding carboxylic acids is 3. The Balaban J connectivity index is 1.86. The van der Waals surface area contributed by atoms with Crippen molar-refractivity contribution in [3.63, 3.8) is 0 Å². The van der Waals surface area contributed by atoms with Gasteiger partial charge in [-0.15, -0.1) is 0 Å². The summed E-state index contributed by atoms with van der Waals surface area (Å²) in [4.78, 5) is 35.4. The monoisotopic (exact) mass is 417 g/mol. The molecule has 0 fully saturated rings. The molecule has 0 saturated carbocycles. The van der Waals surface area contributed by atoms with Gasteiger partial charge in [-0.2, -0.15) is 0 Å². The minimum Gasteiger partial charge on any atom is -0.457 e. The van der Waals surface area contributed by atoms with Crippen LogP contribution >= 0.6 is 0 Å². The number of benzene rings is 2. The zero-order chi connectivity index (χ0) is 21.6. The first-order valence-electron chi connectivity index (χ1n) is 8.97. The first-order chi connectivity index (χ1) is 13.6. The van der Waals surface area contributed by atoms with Crippen molar-refractivity contribution in [3.05, 3.63) is 64.7 Å². The zero-order valence-electron chi connectivity index (χ0n) is 16.5. The number of nitrogens with one attached hydrogen (secondary N) is 1. The molecule has 0 unspecified atom stereocenters. The highest BCUT2D eigenvalue weighted by atomic mass is 32.2. The molecule has 0 aliphatic heterocycles. The summed E-state index contributed by atoms with van der Waals surface area (Å²) in [7, 11) is -3.87. The van der Waals surface area contributed by atoms with Gasteiger partial charge in [0.05, 0.1) is 11.3 Å². The molecule has 0 spiro atoms. The largest absolute Gasteiger partial charge is 0.457 e. The second kappa shape index (κ2) is 9.58. The molecule has 0 heterocycles. The van der Waals surface area contributed by atoms with E-state index >= 15 is 0 Å². The number of hydrogen-bond donors (Lipinski definition) is 1. The van der Waals surface area contributed by atoms with Gasteiger partial charge >= 0.3 is 5.97 Å². The van der Waals surface area contributed by atoms with E-state index in [0.29, 0.717) is 5.56 Å². The maximum absolute atomic E-state index is 12.3. The first kappa shape index (κ1) is 22.4. The van der Waals surface area contributed by atoms with Crippen LogP contribution in [0.3, 0.4) is 0 Å². The molecule has 1 N–H and O–H groups in total. The molecule has 0 atom stereocenters. The van der Waals surface area contributed by atoms with Crippen molar-refractivity contribution >= 4 is 27.6 Å². The first-order valence-corrected chi connectivity index (χ1v) is 10.4. The van der Waals surface area contributed by atoms with Crippen molar-refractivity contribution in [1.82, 2.24) is 4.72 Å². The normalized spacial score (nSPS) is 11.1. The number of hydrogen-bond acceptors (Lipinski definition) is 6. The van der Waals surface area contributed by atoms with Crippen LogP contribution in [0.5, 0.6) is 0 Å². The SMILES string of the molecule is CC(=O)c1cccc(S(=O)(=O)NCCC(=O)OCC(=O)c2cc(C)ccc2C)c1. The van der Waals surface area contributed by atoms with E-state index in [-0.39, 0.29) is 35.0 Å². The third-order valence-electron chi connectivity index (χ3n) is 4.23. The van der Waals surface area contributed by atoms with E-state index in [2.05, 4.69) is 4.72 Å². The van der Waals surface area contributed by atoms with Crippen LogP contribution in [0.15, 0.2) is 47.4 Å². The molecule has 29 heavy (non-hydrogen) atoms. The quantitative estimate of drug-likeness (QED) is 0.496. The lowest BCUT2D eigenvalue weighted by Crippen LogP contribution is -2.27. The van der Waals surface area contributed by atoms with Crippen LogP contribution in [0.1, 0.15) is 45.2 Å². The molecule has 0 radical (unpaired) electrons. The van der Waals surface area contributed by atoms with Crippen molar-refractivity contribution < 1.29 is 27.5 Å². The minimum absolute atomic E-state index is 0.0660. The van der Waals surface area contributed by atoms with Gasteiger partial charge in [0, 0.05) is 17.7 Å². The molecule has 0 bridgehead atoms. The predicted molar refractivity (Wildman–Crippen MR) is 107 cm³/mol. The molecule has 8 heteroatoms. The van der Waals surface area contributed by atoms with Crippen molar-refractivity contribution in [3.8, 4) is 0 Å². The third-order valence-corrected chi connectivity index (χ3v) is 5.69. The lowest BCUT2D eigenvalue weighted by molar-refractivity contribution is -0.142. The Morgan fingerprint density at radius 3 is 2.45 bits per heavy atom. The smallest absolute Gasteiger partial charge is 0.307 e. The van der Waals surface area contributed by atoms with Gasteiger partial charge in [-0.3, -0.25) is 14.4 Å². The average Bonchev–Trinajstić information content (AvgIpc) is 2.68. The van der Waals surface area contributed by atoms with Gasteiger partial charge < -0.3 is 4.74 Å². The molecule has 0 aromatic heterocycles. The number of ether oxygens (including phenoxy) is 1. The minimum atomic E-state index is -3.87. The summed E-state index contributed by atoms with van der Waals surface area (Å²) < 4.78 is 31.8. The number of sulfonamides is 1. The summed E-state index contributed by atoms with van der Waals surface area (Å²) in [5.74, 6) is -1.26. The van der Waals surface area contributed by atoms with Crippen LogP contribution in [0.4, 0.5) is 0 Å². The summed E-state index contributed by atoms with van der Waals surface area (Å²) in [6.45, 7) is 4.40. The fourth-order valence-electron chi connectivity index (χ4n) is 2.59. The summed E-state index contributed by atoms with van der Waals surface area (Å²) in [5.41, 5.74) is 2.48. The maximum Gasteiger partial charge on any atom is 0.307 e. The Kier molecular flexibility index (Phi) is 7.41. The highest BCUT2D eigenvalue weighted by molar-refractivity contribution is 7.89. The molecule has 0 aliphatic rings. The molecule has 2 rings (SSSR count). The molecular weight excluding hydrogens is 394 g/mol. The van der Waals surface area contributed by atoms with Crippen molar-refractivity contribution in [2.45, 2.75) is 32.1 Å². The Labute approximate surface area is 170 Å². The number of rotatable bonds is 9. The van der Waals surface area contributed by atoms with E-state index in [0.717, 1.165) is 11.1 Å². The molecule has 0 aliphatic carbocycles. The van der Waals surface area contributed by atoms with Gasteiger partial charge in [-0.1, -0.05) is 29.8 Å². The summed E-state index contributed by atoms with van der Waals surface area (Å²) in [6, 6.07) is 11.1. The second-order valence-electron chi connectivity index (χ2n) is 6.63. The molecule has 2 aromatic carbocycles. The van der Waals surface area contributed by atoms with E-state index in [4.69, 9.17) is 4.74 Å². The van der Waals surface area contributed by atoms with E-state index < -0.39 is 22.6 Å². The topological polar surface area (TPSA) is 107 Å². The Morgan fingerprint density at radius 1 is 1.03 bits per heavy atom. The third kappa shape index (κ3) is 6.33. The molecular formula is C21H23NO6S. The van der Waals surface area contributed by atoms with Gasteiger partial charge in [0.1, 0.15) is 0 Å². The highest BCUT2D eigenvalue weighted by Crippen LogP contribution is 2.13. The van der Waals surface area contributed by atoms with Crippen molar-refractivity contribution in [2.24, 2.45) is 0 Å². The average molecular weight is 417 g/mol. The maximum atomic E-state index is 12.3. The standard InChI is InChI=1S/C21H23NO6S/c1-14-7-8-15(2)19(11-14)20(24)13-28-21(25)9-10-22-29(26,27)18-6-4-5-17(12-18)16(3)23/h4-8,11-12,22H,9-10,13H2,1-3H3. The van der Waals surface area contributed by atoms with Crippen LogP contribution in [-0.4, -0.2) is 39.1 Å². The number of esters is 1. The van der Waals surface area contributed by atoms with E-state index in [1.165, 1.54) is 31.2 Å². The van der Waals surface area contributed by atoms with Crippen LogP contribution in [0.2, 0.25) is 0 Å². The second-order valence-corrected chi connectivity index (χ2v) is 8.40. The lowest BCUT2D eigenvalue weighted by atomic mass is 10.0. The Morgan fingerprint density at radius 2 is 1.76 bits per heavy atom. The summed E-state index contributed by atoms with van der Waals surface area (Å²) in [5, 5.41) is 0. The van der Waals surface area contributed by atoms with Gasteiger partial charge in [-0.25, -0.2) is 13.1 Å². The molecule has 7 nitrogen and oxygen atoms in total. The number of aryl methyl sites for hydroxylation is 2. The summed E-state index contributed by atoms with van der Waals surface area (Å²) in [6.07, 6.45) is -0.230. The summed E-state index contributed by atoms with van der Waals surface area (Å²) >= 11 is 0. The number of ketones is 2. The van der Waals surface area contributed by atoms with Gasteiger partial charge in [0.2, 0.25) is 15.8 Å². The van der Waals surface area contributed by atoms with E-state index in [9.17, 15) is 22.8 Å². The van der Waals surface area contributed by atoms with E-state index in [1.807, 2.05) is 19.1 Å². The van der Waals surface area contributed by atoms with Crippen molar-refractivity contribution in [2.75, 3.05) is 13.2 Å². The molecule has 2 aromatic rings. The van der Waals surface area contributed by atoms with Crippen LogP contribution in [-0.2, 0) is 19.6 Å². The number of carbonyl (C=O) groups is 3. The van der Waals surface area contributed by atoms with E-state index in [1.54, 1.807) is 13.0 Å². The molecule has 154 valence electrons. The zero-order valence-corrected chi connectivity index (χ0v) is 17.3. The highest BCUT2D eigenvalue weighted by Gasteiger charge is 2.17. The van der Waals surface area contributed by atoms with Crippen molar-refractivity contribution in [1.29, 1.82) is 0 Å². The predicted octanol–water partition coefficient (Wildman–Crippen LogP) is 2.60. The van der Waals surface area contributed by atoms with Gasteiger partial charge in [-0.05, 0) is 44.5 Å². The van der Waals surface area contributed by atoms with Crippen LogP contribution < -0.4 is 4.72 Å². The molecule has 0 saturated heterocycles. The van der Waals surface area contributed by atoms with Crippen LogP contribution in [0.25, 0.3) is 0 Å². The fraction of sp³-hybridized carbons (Fsp3) is 0.286.